The molecule has 5 nitrogen and oxygen atoms in total. The number of nitrogens with two attached hydrogens (primary N) is 1. The minimum Gasteiger partial charge on any atom is -0.326 e. The van der Waals surface area contributed by atoms with Gasteiger partial charge in [-0.05, 0) is 43.6 Å². The maximum Gasteiger partial charge on any atom is 0.243 e. The van der Waals surface area contributed by atoms with Gasteiger partial charge in [0.15, 0.2) is 0 Å². The van der Waals surface area contributed by atoms with Crippen molar-refractivity contribution in [2.24, 2.45) is 5.73 Å². The lowest BCUT2D eigenvalue weighted by molar-refractivity contribution is 0.268. The highest BCUT2D eigenvalue weighted by molar-refractivity contribution is 7.89. The van der Waals surface area contributed by atoms with Gasteiger partial charge in [0.1, 0.15) is 10.7 Å². The van der Waals surface area contributed by atoms with Crippen molar-refractivity contribution in [1.82, 2.24) is 9.62 Å². The lowest BCUT2D eigenvalue weighted by Crippen LogP contribution is -2.40. The summed E-state index contributed by atoms with van der Waals surface area (Å²) in [5.41, 5.74) is 6.07. The van der Waals surface area contributed by atoms with E-state index in [0.29, 0.717) is 12.1 Å². The van der Waals surface area contributed by atoms with Gasteiger partial charge in [0, 0.05) is 19.1 Å². The minimum absolute atomic E-state index is 0.176. The highest BCUT2D eigenvalue weighted by Crippen LogP contribution is 2.19. The summed E-state index contributed by atoms with van der Waals surface area (Å²) in [6, 6.07) is 4.11. The largest absolute Gasteiger partial charge is 0.326 e. The molecule has 0 amide bonds. The van der Waals surface area contributed by atoms with Crippen molar-refractivity contribution in [2.45, 2.75) is 37.2 Å². The fourth-order valence-corrected chi connectivity index (χ4v) is 3.91. The predicted octanol–water partition coefficient (Wildman–Crippen LogP) is 1.05. The highest BCUT2D eigenvalue weighted by atomic mass is 32.2. The summed E-state index contributed by atoms with van der Waals surface area (Å²) in [4.78, 5) is 1.90. The summed E-state index contributed by atoms with van der Waals surface area (Å²) in [6.07, 6.45) is 2.03. The number of benzene rings is 1. The molecule has 118 valence electrons. The van der Waals surface area contributed by atoms with Crippen LogP contribution in [0.2, 0.25) is 0 Å². The smallest absolute Gasteiger partial charge is 0.243 e. The SMILES string of the molecule is CCN1CCCC1CNS(=O)(=O)c1cc(CN)ccc1F. The number of hydrogen-bond donors (Lipinski definition) is 2. The van der Waals surface area contributed by atoms with Gasteiger partial charge in [0.2, 0.25) is 10.0 Å². The summed E-state index contributed by atoms with van der Waals surface area (Å²) in [7, 11) is -3.85. The van der Waals surface area contributed by atoms with E-state index in [1.807, 2.05) is 0 Å². The minimum atomic E-state index is -3.85. The second-order valence-corrected chi connectivity index (χ2v) is 6.98. The van der Waals surface area contributed by atoms with Crippen LogP contribution in [0, 0.1) is 5.82 Å². The molecule has 0 aliphatic carbocycles. The second-order valence-electron chi connectivity index (χ2n) is 5.25. The van der Waals surface area contributed by atoms with Crippen LogP contribution >= 0.6 is 0 Å². The summed E-state index contributed by atoms with van der Waals surface area (Å²) in [6.45, 7) is 4.41. The van der Waals surface area contributed by atoms with Gasteiger partial charge in [-0.25, -0.2) is 17.5 Å². The van der Waals surface area contributed by atoms with E-state index in [9.17, 15) is 12.8 Å². The predicted molar refractivity (Wildman–Crippen MR) is 79.7 cm³/mol. The van der Waals surface area contributed by atoms with Crippen LogP contribution in [0.3, 0.4) is 0 Å². The number of likely N-dealkylation sites (tertiary alicyclic amines) is 1. The topological polar surface area (TPSA) is 75.4 Å². The maximum atomic E-state index is 13.8. The van der Waals surface area contributed by atoms with Gasteiger partial charge in [-0.1, -0.05) is 13.0 Å². The third-order valence-corrected chi connectivity index (χ3v) is 5.37. The van der Waals surface area contributed by atoms with Crippen molar-refractivity contribution >= 4 is 10.0 Å². The quantitative estimate of drug-likeness (QED) is 0.823. The second kappa shape index (κ2) is 6.83. The molecule has 1 aliphatic rings. The lowest BCUT2D eigenvalue weighted by atomic mass is 10.2. The van der Waals surface area contributed by atoms with E-state index in [2.05, 4.69) is 16.5 Å². The molecule has 1 aliphatic heterocycles. The summed E-state index contributed by atoms with van der Waals surface area (Å²) in [5, 5.41) is 0. The molecule has 3 N–H and O–H groups in total. The first-order valence-electron chi connectivity index (χ1n) is 7.20. The zero-order chi connectivity index (χ0) is 15.5. The average molecular weight is 315 g/mol. The molecular formula is C14H22FN3O2S. The van der Waals surface area contributed by atoms with E-state index in [1.54, 1.807) is 0 Å². The first-order valence-corrected chi connectivity index (χ1v) is 8.68. The Morgan fingerprint density at radius 2 is 2.24 bits per heavy atom. The Balaban J connectivity index is 2.11. The first-order chi connectivity index (χ1) is 9.97. The van der Waals surface area contributed by atoms with Crippen LogP contribution in [0.4, 0.5) is 4.39 Å². The molecule has 0 saturated carbocycles. The molecule has 1 atom stereocenters. The Kier molecular flexibility index (Phi) is 5.32. The number of sulfonamides is 1. The average Bonchev–Trinajstić information content (AvgIpc) is 2.93. The molecule has 1 fully saturated rings. The van der Waals surface area contributed by atoms with Gasteiger partial charge in [-0.15, -0.1) is 0 Å². The Labute approximate surface area is 125 Å². The molecule has 1 saturated heterocycles. The summed E-state index contributed by atoms with van der Waals surface area (Å²) >= 11 is 0. The van der Waals surface area contributed by atoms with Crippen molar-refractivity contribution in [3.8, 4) is 0 Å². The van der Waals surface area contributed by atoms with E-state index < -0.39 is 15.8 Å². The molecule has 7 heteroatoms. The van der Waals surface area contributed by atoms with Gasteiger partial charge in [-0.3, -0.25) is 4.90 Å². The van der Waals surface area contributed by atoms with Gasteiger partial charge in [0.05, 0.1) is 0 Å². The number of hydrogen-bond acceptors (Lipinski definition) is 4. The van der Waals surface area contributed by atoms with Gasteiger partial charge >= 0.3 is 0 Å². The number of likely N-dealkylation sites (N-methyl/N-ethyl adjacent to an activating group) is 1. The zero-order valence-electron chi connectivity index (χ0n) is 12.2. The van der Waals surface area contributed by atoms with Crippen LogP contribution < -0.4 is 10.5 Å². The molecule has 1 aromatic rings. The standard InChI is InChI=1S/C14H22FN3O2S/c1-2-18-7-3-4-12(18)10-17-21(19,20)14-8-11(9-16)5-6-13(14)15/h5-6,8,12,17H,2-4,7,9-10,16H2,1H3. The van der Waals surface area contributed by atoms with Crippen molar-refractivity contribution in [1.29, 1.82) is 0 Å². The highest BCUT2D eigenvalue weighted by Gasteiger charge is 2.26. The normalized spacial score (nSPS) is 20.0. The van der Waals surface area contributed by atoms with Crippen molar-refractivity contribution < 1.29 is 12.8 Å². The molecule has 1 heterocycles. The van der Waals surface area contributed by atoms with Crippen LogP contribution in [0.1, 0.15) is 25.3 Å². The molecular weight excluding hydrogens is 293 g/mol. The van der Waals surface area contributed by atoms with Crippen LogP contribution in [0.15, 0.2) is 23.1 Å². The number of rotatable bonds is 6. The van der Waals surface area contributed by atoms with Crippen LogP contribution in [-0.2, 0) is 16.6 Å². The monoisotopic (exact) mass is 315 g/mol. The van der Waals surface area contributed by atoms with Gasteiger partial charge < -0.3 is 5.73 Å². The summed E-state index contributed by atoms with van der Waals surface area (Å²) < 4.78 is 40.8. The molecule has 2 rings (SSSR count). The Hall–Kier alpha value is -1.02. The maximum absolute atomic E-state index is 13.8. The number of halogens is 1. The molecule has 0 spiro atoms. The van der Waals surface area contributed by atoms with E-state index in [-0.39, 0.29) is 17.5 Å². The van der Waals surface area contributed by atoms with Crippen molar-refractivity contribution in [3.05, 3.63) is 29.6 Å². The molecule has 21 heavy (non-hydrogen) atoms. The van der Waals surface area contributed by atoms with Crippen molar-refractivity contribution in [2.75, 3.05) is 19.6 Å². The van der Waals surface area contributed by atoms with E-state index in [0.717, 1.165) is 32.0 Å². The third kappa shape index (κ3) is 3.79. The lowest BCUT2D eigenvalue weighted by Gasteiger charge is -2.22. The Bertz CT molecular complexity index is 592. The molecule has 1 aromatic carbocycles. The fraction of sp³-hybridized carbons (Fsp3) is 0.571. The molecule has 1 unspecified atom stereocenters. The number of nitrogens with zero attached hydrogens (tertiary/aromatic N) is 1. The fourth-order valence-electron chi connectivity index (χ4n) is 2.71. The van der Waals surface area contributed by atoms with E-state index in [1.165, 1.54) is 12.1 Å². The van der Waals surface area contributed by atoms with E-state index in [4.69, 9.17) is 5.73 Å². The first kappa shape index (κ1) is 16.4. The summed E-state index contributed by atoms with van der Waals surface area (Å²) in [5.74, 6) is -0.751. The third-order valence-electron chi connectivity index (χ3n) is 3.94. The van der Waals surface area contributed by atoms with Crippen LogP contribution in [0.25, 0.3) is 0 Å². The number of nitrogens with one attached hydrogen (secondary N) is 1. The van der Waals surface area contributed by atoms with Crippen LogP contribution in [0.5, 0.6) is 0 Å². The van der Waals surface area contributed by atoms with Crippen LogP contribution in [-0.4, -0.2) is 39.0 Å². The van der Waals surface area contributed by atoms with Crippen molar-refractivity contribution in [3.63, 3.8) is 0 Å². The zero-order valence-corrected chi connectivity index (χ0v) is 13.0. The Morgan fingerprint density at radius 1 is 1.48 bits per heavy atom. The van der Waals surface area contributed by atoms with Gasteiger partial charge in [-0.2, -0.15) is 0 Å². The molecule has 0 aromatic heterocycles. The Morgan fingerprint density at radius 3 is 2.90 bits per heavy atom. The van der Waals surface area contributed by atoms with E-state index >= 15 is 0 Å². The molecule has 0 bridgehead atoms. The molecule has 0 radical (unpaired) electrons. The van der Waals surface area contributed by atoms with Gasteiger partial charge in [0.25, 0.3) is 0 Å².